The molecule has 4 atom stereocenters. The SMILES string of the molecule is NC(Cc1ccc(O)cc1)C(=O)N1CCCC1C(=O)NC(CO)C(=O)NC(CC(=O)O)C(=O)O. The maximum Gasteiger partial charge on any atom is 0.326 e. The molecule has 3 amide bonds. The van der Waals surface area contributed by atoms with Gasteiger partial charge in [0.1, 0.15) is 23.9 Å². The summed E-state index contributed by atoms with van der Waals surface area (Å²) in [4.78, 5) is 61.2. The number of nitrogens with one attached hydrogen (secondary N) is 2. The summed E-state index contributed by atoms with van der Waals surface area (Å²) in [5.41, 5.74) is 6.75. The monoisotopic (exact) mass is 480 g/mol. The fourth-order valence-electron chi connectivity index (χ4n) is 3.60. The van der Waals surface area contributed by atoms with Gasteiger partial charge in [0.2, 0.25) is 17.7 Å². The van der Waals surface area contributed by atoms with Crippen LogP contribution in [0, 0.1) is 0 Å². The molecule has 1 aromatic carbocycles. The number of phenols is 1. The number of carboxylic acid groups (broad SMARTS) is 2. The topological polar surface area (TPSA) is 220 Å². The first kappa shape index (κ1) is 26.5. The van der Waals surface area contributed by atoms with Gasteiger partial charge in [-0.15, -0.1) is 0 Å². The van der Waals surface area contributed by atoms with Crippen molar-refractivity contribution >= 4 is 29.7 Å². The average molecular weight is 480 g/mol. The molecule has 1 aromatic rings. The Morgan fingerprint density at radius 2 is 1.71 bits per heavy atom. The lowest BCUT2D eigenvalue weighted by Gasteiger charge is -2.28. The first-order chi connectivity index (χ1) is 16.0. The lowest BCUT2D eigenvalue weighted by molar-refractivity contribution is -0.147. The fourth-order valence-corrected chi connectivity index (χ4v) is 3.60. The Kier molecular flexibility index (Phi) is 9.33. The first-order valence-corrected chi connectivity index (χ1v) is 10.5. The smallest absolute Gasteiger partial charge is 0.326 e. The van der Waals surface area contributed by atoms with Crippen molar-refractivity contribution in [2.24, 2.45) is 5.73 Å². The van der Waals surface area contributed by atoms with Gasteiger partial charge in [-0.3, -0.25) is 19.2 Å². The van der Waals surface area contributed by atoms with Crippen molar-refractivity contribution in [3.8, 4) is 5.75 Å². The third-order valence-electron chi connectivity index (χ3n) is 5.36. The average Bonchev–Trinajstić information content (AvgIpc) is 3.27. The van der Waals surface area contributed by atoms with Crippen LogP contribution in [0.1, 0.15) is 24.8 Å². The van der Waals surface area contributed by atoms with Crippen LogP contribution in [0.15, 0.2) is 24.3 Å². The third kappa shape index (κ3) is 7.15. The summed E-state index contributed by atoms with van der Waals surface area (Å²) in [6.07, 6.45) is 0.0776. The van der Waals surface area contributed by atoms with E-state index in [-0.39, 0.29) is 18.7 Å². The number of likely N-dealkylation sites (tertiary alicyclic amines) is 1. The molecule has 1 fully saturated rings. The highest BCUT2D eigenvalue weighted by atomic mass is 16.4. The molecule has 4 unspecified atom stereocenters. The number of aliphatic hydroxyl groups is 1. The van der Waals surface area contributed by atoms with E-state index in [1.165, 1.54) is 17.0 Å². The van der Waals surface area contributed by atoms with Crippen LogP contribution >= 0.6 is 0 Å². The van der Waals surface area contributed by atoms with Gasteiger partial charge in [0.25, 0.3) is 0 Å². The number of nitrogens with zero attached hydrogens (tertiary/aromatic N) is 1. The lowest BCUT2D eigenvalue weighted by atomic mass is 10.0. The quantitative estimate of drug-likeness (QED) is 0.181. The molecule has 0 radical (unpaired) electrons. The molecule has 1 aliphatic heterocycles. The van der Waals surface area contributed by atoms with Crippen molar-refractivity contribution in [2.45, 2.75) is 49.9 Å². The highest BCUT2D eigenvalue weighted by Gasteiger charge is 2.38. The molecule has 1 saturated heterocycles. The Morgan fingerprint density at radius 3 is 2.26 bits per heavy atom. The minimum atomic E-state index is -1.75. The highest BCUT2D eigenvalue weighted by molar-refractivity contribution is 5.95. The fraction of sp³-hybridized carbons (Fsp3) is 0.476. The van der Waals surface area contributed by atoms with E-state index in [0.717, 1.165) is 0 Å². The number of carbonyl (C=O) groups excluding carboxylic acids is 3. The van der Waals surface area contributed by atoms with Gasteiger partial charge in [0.05, 0.1) is 19.1 Å². The number of phenolic OH excluding ortho intramolecular Hbond substituents is 1. The van der Waals surface area contributed by atoms with Gasteiger partial charge in [-0.25, -0.2) is 4.79 Å². The van der Waals surface area contributed by atoms with E-state index in [4.69, 9.17) is 15.9 Å². The van der Waals surface area contributed by atoms with E-state index in [9.17, 15) is 34.2 Å². The molecule has 0 bridgehead atoms. The zero-order valence-corrected chi connectivity index (χ0v) is 18.2. The van der Waals surface area contributed by atoms with Gasteiger partial charge in [-0.1, -0.05) is 12.1 Å². The molecule has 2 rings (SSSR count). The molecule has 0 spiro atoms. The summed E-state index contributed by atoms with van der Waals surface area (Å²) in [5, 5.41) is 40.9. The predicted octanol–water partition coefficient (Wildman–Crippen LogP) is -2.23. The summed E-state index contributed by atoms with van der Waals surface area (Å²) in [6.45, 7) is -0.617. The van der Waals surface area contributed by atoms with Crippen LogP contribution in [-0.4, -0.2) is 92.3 Å². The molecule has 13 nitrogen and oxygen atoms in total. The van der Waals surface area contributed by atoms with E-state index in [1.807, 2.05) is 5.32 Å². The van der Waals surface area contributed by atoms with Crippen molar-refractivity contribution in [1.29, 1.82) is 0 Å². The van der Waals surface area contributed by atoms with Crippen molar-refractivity contribution in [1.82, 2.24) is 15.5 Å². The van der Waals surface area contributed by atoms with E-state index in [0.29, 0.717) is 18.4 Å². The number of hydrogen-bond acceptors (Lipinski definition) is 8. The van der Waals surface area contributed by atoms with Crippen LogP contribution in [0.5, 0.6) is 5.75 Å². The summed E-state index contributed by atoms with van der Waals surface area (Å²) >= 11 is 0. The molecule has 34 heavy (non-hydrogen) atoms. The highest BCUT2D eigenvalue weighted by Crippen LogP contribution is 2.20. The van der Waals surface area contributed by atoms with Crippen LogP contribution in [0.2, 0.25) is 0 Å². The molecule has 1 aliphatic rings. The zero-order valence-electron chi connectivity index (χ0n) is 18.2. The van der Waals surface area contributed by atoms with Gasteiger partial charge in [-0.2, -0.15) is 0 Å². The number of benzene rings is 1. The molecular formula is C21H28N4O9. The molecule has 1 heterocycles. The normalized spacial score (nSPS) is 17.9. The minimum Gasteiger partial charge on any atom is -0.508 e. The third-order valence-corrected chi connectivity index (χ3v) is 5.36. The number of aromatic hydroxyl groups is 1. The largest absolute Gasteiger partial charge is 0.508 e. The number of carbonyl (C=O) groups is 5. The van der Waals surface area contributed by atoms with Crippen LogP contribution in [0.3, 0.4) is 0 Å². The predicted molar refractivity (Wildman–Crippen MR) is 115 cm³/mol. The number of nitrogens with two attached hydrogens (primary N) is 1. The molecule has 13 heteroatoms. The van der Waals surface area contributed by atoms with Crippen LogP contribution in [0.25, 0.3) is 0 Å². The van der Waals surface area contributed by atoms with Crippen molar-refractivity contribution in [2.75, 3.05) is 13.2 Å². The summed E-state index contributed by atoms with van der Waals surface area (Å²) < 4.78 is 0. The van der Waals surface area contributed by atoms with Crippen LogP contribution in [-0.2, 0) is 30.4 Å². The van der Waals surface area contributed by atoms with E-state index >= 15 is 0 Å². The van der Waals surface area contributed by atoms with Crippen molar-refractivity contribution in [3.05, 3.63) is 29.8 Å². The van der Waals surface area contributed by atoms with Crippen LogP contribution < -0.4 is 16.4 Å². The van der Waals surface area contributed by atoms with Crippen molar-refractivity contribution < 1.29 is 44.4 Å². The Balaban J connectivity index is 2.01. The minimum absolute atomic E-state index is 0.0695. The molecule has 0 aliphatic carbocycles. The number of aliphatic carboxylic acids is 2. The standard InChI is InChI=1S/C21H28N4O9/c22-13(8-11-3-5-12(27)6-4-11)20(32)25-7-1-2-16(25)19(31)24-15(10-26)18(30)23-14(21(33)34)9-17(28)29/h3-6,13-16,26-27H,1-2,7-10,22H2,(H,23,30)(H,24,31)(H,28,29)(H,33,34). The van der Waals surface area contributed by atoms with E-state index in [1.54, 1.807) is 12.1 Å². The van der Waals surface area contributed by atoms with Crippen molar-refractivity contribution in [3.63, 3.8) is 0 Å². The number of rotatable bonds is 11. The second-order valence-electron chi connectivity index (χ2n) is 7.91. The molecule has 0 saturated carbocycles. The molecule has 0 aromatic heterocycles. The van der Waals surface area contributed by atoms with Gasteiger partial charge < -0.3 is 41.7 Å². The summed E-state index contributed by atoms with van der Waals surface area (Å²) in [6, 6.07) is 0.960. The lowest BCUT2D eigenvalue weighted by Crippen LogP contribution is -2.57. The maximum absolute atomic E-state index is 12.9. The Morgan fingerprint density at radius 1 is 1.06 bits per heavy atom. The number of hydrogen-bond donors (Lipinski definition) is 7. The number of aliphatic hydroxyl groups excluding tert-OH is 1. The molecular weight excluding hydrogens is 452 g/mol. The Hall–Kier alpha value is -3.71. The molecule has 186 valence electrons. The second kappa shape index (κ2) is 12.0. The zero-order chi connectivity index (χ0) is 25.4. The van der Waals surface area contributed by atoms with Gasteiger partial charge in [0, 0.05) is 6.54 Å². The number of amides is 3. The second-order valence-corrected chi connectivity index (χ2v) is 7.91. The Labute approximate surface area is 194 Å². The van der Waals surface area contributed by atoms with Gasteiger partial charge in [0.15, 0.2) is 0 Å². The summed E-state index contributed by atoms with van der Waals surface area (Å²) in [5.74, 6) is -5.27. The summed E-state index contributed by atoms with van der Waals surface area (Å²) in [7, 11) is 0. The maximum atomic E-state index is 12.9. The first-order valence-electron chi connectivity index (χ1n) is 10.5. The number of carboxylic acids is 2. The van der Waals surface area contributed by atoms with Crippen LogP contribution in [0.4, 0.5) is 0 Å². The van der Waals surface area contributed by atoms with E-state index < -0.39 is 66.9 Å². The van der Waals surface area contributed by atoms with Gasteiger partial charge >= 0.3 is 11.9 Å². The van der Waals surface area contributed by atoms with E-state index in [2.05, 4.69) is 5.32 Å². The molecule has 8 N–H and O–H groups in total. The van der Waals surface area contributed by atoms with Gasteiger partial charge in [-0.05, 0) is 37.0 Å². The Bertz CT molecular complexity index is 921.